The zero-order chi connectivity index (χ0) is 9.78. The van der Waals surface area contributed by atoms with Gasteiger partial charge >= 0.3 is 0 Å². The second kappa shape index (κ2) is 4.26. The highest BCUT2D eigenvalue weighted by Crippen LogP contribution is 1.98. The summed E-state index contributed by atoms with van der Waals surface area (Å²) >= 11 is 0. The number of rotatable bonds is 3. The SMILES string of the molecule is CO/C(C=[N+](C)C)=C\[N+](C)(C)C. The van der Waals surface area contributed by atoms with E-state index in [-0.39, 0.29) is 0 Å². The molecular formula is C9H20N2O+2. The van der Waals surface area contributed by atoms with E-state index in [9.17, 15) is 0 Å². The number of hydrogen-bond acceptors (Lipinski definition) is 1. The van der Waals surface area contributed by atoms with E-state index in [1.165, 1.54) is 0 Å². The fourth-order valence-corrected chi connectivity index (χ4v) is 0.775. The maximum Gasteiger partial charge on any atom is 0.236 e. The van der Waals surface area contributed by atoms with Crippen molar-refractivity contribution >= 4 is 6.21 Å². The molecule has 0 aliphatic carbocycles. The Kier molecular flexibility index (Phi) is 3.96. The van der Waals surface area contributed by atoms with Crippen molar-refractivity contribution in [2.24, 2.45) is 0 Å². The van der Waals surface area contributed by atoms with Gasteiger partial charge in [-0.15, -0.1) is 0 Å². The van der Waals surface area contributed by atoms with Crippen LogP contribution in [0.2, 0.25) is 0 Å². The third kappa shape index (κ3) is 5.92. The number of ether oxygens (including phenoxy) is 1. The Bertz CT molecular complexity index is 195. The summed E-state index contributed by atoms with van der Waals surface area (Å²) in [7, 11) is 11.9. The van der Waals surface area contributed by atoms with Crippen molar-refractivity contribution in [1.82, 2.24) is 0 Å². The zero-order valence-electron chi connectivity index (χ0n) is 8.96. The molecule has 3 heteroatoms. The lowest BCUT2D eigenvalue weighted by atomic mass is 10.5. The first-order valence-corrected chi connectivity index (χ1v) is 3.94. The Hall–Kier alpha value is -0.830. The molecule has 0 fully saturated rings. The molecule has 0 saturated heterocycles. The highest BCUT2D eigenvalue weighted by Gasteiger charge is 2.07. The molecule has 0 aliphatic rings. The molecule has 0 rings (SSSR count). The maximum absolute atomic E-state index is 5.19. The van der Waals surface area contributed by atoms with Crippen LogP contribution in [0, 0.1) is 0 Å². The number of quaternary nitrogens is 1. The summed E-state index contributed by atoms with van der Waals surface area (Å²) in [6.45, 7) is 0. The van der Waals surface area contributed by atoms with Gasteiger partial charge in [0, 0.05) is 0 Å². The van der Waals surface area contributed by atoms with Gasteiger partial charge in [0.2, 0.25) is 12.0 Å². The second-order valence-corrected chi connectivity index (χ2v) is 3.94. The van der Waals surface area contributed by atoms with Gasteiger partial charge in [0.1, 0.15) is 20.3 Å². The van der Waals surface area contributed by atoms with E-state index >= 15 is 0 Å². The summed E-state index contributed by atoms with van der Waals surface area (Å²) in [6.07, 6.45) is 3.99. The van der Waals surface area contributed by atoms with E-state index in [4.69, 9.17) is 4.74 Å². The molecule has 0 aromatic heterocycles. The van der Waals surface area contributed by atoms with Gasteiger partial charge < -0.3 is 9.22 Å². The molecule has 0 N–H and O–H groups in total. The number of hydrogen-bond donors (Lipinski definition) is 0. The molecule has 70 valence electrons. The third-order valence-electron chi connectivity index (χ3n) is 1.14. The Morgan fingerprint density at radius 2 is 1.75 bits per heavy atom. The van der Waals surface area contributed by atoms with Gasteiger partial charge in [-0.25, -0.2) is 4.58 Å². The molecule has 0 aliphatic heterocycles. The molecular weight excluding hydrogens is 152 g/mol. The van der Waals surface area contributed by atoms with Gasteiger partial charge in [0.25, 0.3) is 0 Å². The molecule has 0 atom stereocenters. The monoisotopic (exact) mass is 172 g/mol. The quantitative estimate of drug-likeness (QED) is 0.262. The van der Waals surface area contributed by atoms with Crippen LogP contribution in [0.5, 0.6) is 0 Å². The zero-order valence-corrected chi connectivity index (χ0v) is 8.96. The third-order valence-corrected chi connectivity index (χ3v) is 1.14. The number of nitrogens with zero attached hydrogens (tertiary/aromatic N) is 2. The molecule has 0 aromatic rings. The van der Waals surface area contributed by atoms with Crippen molar-refractivity contribution < 1.29 is 13.8 Å². The summed E-state index contributed by atoms with van der Waals surface area (Å²) in [6, 6.07) is 0. The summed E-state index contributed by atoms with van der Waals surface area (Å²) in [5, 5.41) is 0. The summed E-state index contributed by atoms with van der Waals surface area (Å²) in [5.74, 6) is 0.882. The van der Waals surface area contributed by atoms with Crippen LogP contribution in [-0.2, 0) is 4.74 Å². The van der Waals surface area contributed by atoms with Gasteiger partial charge in [0.05, 0.1) is 28.3 Å². The van der Waals surface area contributed by atoms with Crippen LogP contribution in [0.25, 0.3) is 0 Å². The predicted octanol–water partition coefficient (Wildman–Crippen LogP) is 0.523. The molecule has 0 saturated carbocycles. The maximum atomic E-state index is 5.19. The average molecular weight is 172 g/mol. The van der Waals surface area contributed by atoms with Crippen LogP contribution in [0.3, 0.4) is 0 Å². The van der Waals surface area contributed by atoms with E-state index < -0.39 is 0 Å². The van der Waals surface area contributed by atoms with Crippen molar-refractivity contribution in [3.05, 3.63) is 12.0 Å². The van der Waals surface area contributed by atoms with Crippen molar-refractivity contribution in [2.45, 2.75) is 0 Å². The second-order valence-electron chi connectivity index (χ2n) is 3.94. The van der Waals surface area contributed by atoms with Gasteiger partial charge in [0.15, 0.2) is 0 Å². The largest absolute Gasteiger partial charge is 0.487 e. The highest BCUT2D eigenvalue weighted by molar-refractivity contribution is 5.70. The van der Waals surface area contributed by atoms with Crippen molar-refractivity contribution in [1.29, 1.82) is 0 Å². The lowest BCUT2D eigenvalue weighted by Gasteiger charge is -2.17. The van der Waals surface area contributed by atoms with E-state index in [0.29, 0.717) is 0 Å². The predicted molar refractivity (Wildman–Crippen MR) is 51.3 cm³/mol. The Morgan fingerprint density at radius 3 is 2.00 bits per heavy atom. The molecule has 3 nitrogen and oxygen atoms in total. The Morgan fingerprint density at radius 1 is 1.25 bits per heavy atom. The minimum atomic E-state index is 0.757. The fourth-order valence-electron chi connectivity index (χ4n) is 0.775. The van der Waals surface area contributed by atoms with Crippen LogP contribution in [0.4, 0.5) is 0 Å². The van der Waals surface area contributed by atoms with Crippen LogP contribution in [0.15, 0.2) is 12.0 Å². The summed E-state index contributed by atoms with van der Waals surface area (Å²) in [5.41, 5.74) is 0. The van der Waals surface area contributed by atoms with E-state index in [2.05, 4.69) is 21.1 Å². The Labute approximate surface area is 75.2 Å². The molecule has 0 bridgehead atoms. The lowest BCUT2D eigenvalue weighted by Crippen LogP contribution is -2.28. The molecule has 0 aromatic carbocycles. The minimum Gasteiger partial charge on any atom is -0.487 e. The molecule has 0 radical (unpaired) electrons. The molecule has 0 spiro atoms. The molecule has 0 heterocycles. The van der Waals surface area contributed by atoms with Gasteiger partial charge in [-0.3, -0.25) is 0 Å². The average Bonchev–Trinajstić information content (AvgIpc) is 1.82. The van der Waals surface area contributed by atoms with E-state index in [1.807, 2.05) is 31.1 Å². The summed E-state index contributed by atoms with van der Waals surface area (Å²) in [4.78, 5) is 0. The first-order valence-electron chi connectivity index (χ1n) is 3.94. The van der Waals surface area contributed by atoms with Crippen LogP contribution >= 0.6 is 0 Å². The van der Waals surface area contributed by atoms with E-state index in [0.717, 1.165) is 10.2 Å². The molecule has 0 unspecified atom stereocenters. The lowest BCUT2D eigenvalue weighted by molar-refractivity contribution is -0.818. The van der Waals surface area contributed by atoms with Gasteiger partial charge in [-0.1, -0.05) is 0 Å². The van der Waals surface area contributed by atoms with Gasteiger partial charge in [-0.2, -0.15) is 0 Å². The fraction of sp³-hybridized carbons (Fsp3) is 0.667. The smallest absolute Gasteiger partial charge is 0.236 e. The number of allylic oxidation sites excluding steroid dienone is 1. The molecule has 12 heavy (non-hydrogen) atoms. The van der Waals surface area contributed by atoms with Crippen LogP contribution in [0.1, 0.15) is 0 Å². The first-order chi connectivity index (χ1) is 5.35. The highest BCUT2D eigenvalue weighted by atomic mass is 16.5. The van der Waals surface area contributed by atoms with Crippen molar-refractivity contribution in [3.8, 4) is 0 Å². The van der Waals surface area contributed by atoms with Crippen LogP contribution in [-0.4, -0.2) is 57.6 Å². The van der Waals surface area contributed by atoms with Crippen molar-refractivity contribution in [2.75, 3.05) is 42.3 Å². The van der Waals surface area contributed by atoms with Crippen molar-refractivity contribution in [3.63, 3.8) is 0 Å². The summed E-state index contributed by atoms with van der Waals surface area (Å²) < 4.78 is 7.91. The first kappa shape index (κ1) is 11.2. The normalized spacial score (nSPS) is 12.7. The van der Waals surface area contributed by atoms with Crippen LogP contribution < -0.4 is 0 Å². The Balaban J connectivity index is 4.56. The molecule has 0 amide bonds. The minimum absolute atomic E-state index is 0.757. The standard InChI is InChI=1S/C9H20N2O/c1-10(2)7-9(12-6)8-11(3,4)5/h7-8H,1-6H3/q+2/b9-8-. The topological polar surface area (TPSA) is 12.2 Å². The number of methoxy groups -OCH3 is 1. The van der Waals surface area contributed by atoms with E-state index in [1.54, 1.807) is 7.11 Å². The van der Waals surface area contributed by atoms with Gasteiger partial charge in [-0.05, 0) is 0 Å².